The summed E-state index contributed by atoms with van der Waals surface area (Å²) in [5, 5.41) is 0.401. The highest BCUT2D eigenvalue weighted by Crippen LogP contribution is 2.28. The summed E-state index contributed by atoms with van der Waals surface area (Å²) in [6.07, 6.45) is 2.20. The van der Waals surface area contributed by atoms with Crippen molar-refractivity contribution in [2.24, 2.45) is 0 Å². The van der Waals surface area contributed by atoms with Crippen molar-refractivity contribution in [1.82, 2.24) is 9.55 Å². The average molecular weight is 477 g/mol. The summed E-state index contributed by atoms with van der Waals surface area (Å²) >= 11 is 1.15. The fraction of sp³-hybridized carbons (Fsp3) is 0.231. The monoisotopic (exact) mass is 476 g/mol. The fourth-order valence-corrected chi connectivity index (χ4v) is 4.56. The highest BCUT2D eigenvalue weighted by Gasteiger charge is 2.21. The molecule has 0 aliphatic rings. The van der Waals surface area contributed by atoms with Crippen LogP contribution in [0.25, 0.3) is 10.2 Å². The Kier molecular flexibility index (Phi) is 7.18. The molecule has 0 aliphatic carbocycles. The molecule has 174 valence electrons. The summed E-state index contributed by atoms with van der Waals surface area (Å²) in [5.74, 6) is -0.870. The van der Waals surface area contributed by atoms with Crippen LogP contribution in [0, 0.1) is 6.92 Å². The lowest BCUT2D eigenvalue weighted by atomic mass is 10.1. The van der Waals surface area contributed by atoms with Gasteiger partial charge in [0.1, 0.15) is 16.3 Å². The Bertz CT molecular complexity index is 1390. The third-order valence-corrected chi connectivity index (χ3v) is 6.45. The Morgan fingerprint density at radius 3 is 2.53 bits per heavy atom. The molecule has 2 heterocycles. The number of hydrogen-bond donors (Lipinski definition) is 0. The van der Waals surface area contributed by atoms with E-state index < -0.39 is 11.9 Å². The molecule has 7 nitrogen and oxygen atoms in total. The SMILES string of the molecule is CCCOC(=O)c1cccc(Cn2cnc3sc(C(=O)OCc4ccccc4)c(C)c3c2=O)c1. The Morgan fingerprint density at radius 1 is 1.00 bits per heavy atom. The number of aryl methyl sites for hydroxylation is 1. The minimum absolute atomic E-state index is 0.155. The molecule has 0 unspecified atom stereocenters. The second-order valence-corrected chi connectivity index (χ2v) is 8.81. The maximum atomic E-state index is 13.2. The normalized spacial score (nSPS) is 10.9. The minimum atomic E-state index is -0.478. The summed E-state index contributed by atoms with van der Waals surface area (Å²) in [4.78, 5) is 43.3. The van der Waals surface area contributed by atoms with Gasteiger partial charge in [0.05, 0.1) is 30.4 Å². The van der Waals surface area contributed by atoms with E-state index >= 15 is 0 Å². The van der Waals surface area contributed by atoms with Crippen LogP contribution >= 0.6 is 11.3 Å². The number of carbonyl (C=O) groups excluding carboxylic acids is 2. The van der Waals surface area contributed by atoms with Crippen molar-refractivity contribution in [2.45, 2.75) is 33.4 Å². The molecule has 0 atom stereocenters. The quantitative estimate of drug-likeness (QED) is 0.342. The Labute approximate surface area is 200 Å². The lowest BCUT2D eigenvalue weighted by Crippen LogP contribution is -2.21. The van der Waals surface area contributed by atoms with Gasteiger partial charge in [0.25, 0.3) is 5.56 Å². The number of thiophene rings is 1. The lowest BCUT2D eigenvalue weighted by molar-refractivity contribution is 0.0475. The molecule has 0 saturated heterocycles. The number of benzene rings is 2. The van der Waals surface area contributed by atoms with E-state index in [2.05, 4.69) is 4.98 Å². The van der Waals surface area contributed by atoms with Gasteiger partial charge >= 0.3 is 11.9 Å². The smallest absolute Gasteiger partial charge is 0.349 e. The van der Waals surface area contributed by atoms with Gasteiger partial charge in [-0.1, -0.05) is 49.4 Å². The van der Waals surface area contributed by atoms with Crippen LogP contribution in [-0.2, 0) is 22.6 Å². The third kappa shape index (κ3) is 5.07. The van der Waals surface area contributed by atoms with Gasteiger partial charge in [-0.15, -0.1) is 11.3 Å². The molecule has 0 fully saturated rings. The maximum absolute atomic E-state index is 13.2. The summed E-state index contributed by atoms with van der Waals surface area (Å²) in [6.45, 7) is 4.41. The largest absolute Gasteiger partial charge is 0.462 e. The first-order chi connectivity index (χ1) is 16.5. The molecule has 8 heteroatoms. The number of fused-ring (bicyclic) bond motifs is 1. The molecule has 0 N–H and O–H groups in total. The van der Waals surface area contributed by atoms with E-state index in [1.807, 2.05) is 43.3 Å². The van der Waals surface area contributed by atoms with Crippen LogP contribution in [-0.4, -0.2) is 28.1 Å². The van der Waals surface area contributed by atoms with Crippen LogP contribution in [0.15, 0.2) is 65.7 Å². The van der Waals surface area contributed by atoms with Gasteiger partial charge in [0.15, 0.2) is 0 Å². The summed E-state index contributed by atoms with van der Waals surface area (Å²) in [5.41, 5.74) is 2.39. The first kappa shape index (κ1) is 23.4. The minimum Gasteiger partial charge on any atom is -0.462 e. The van der Waals surface area contributed by atoms with Crippen LogP contribution < -0.4 is 5.56 Å². The first-order valence-electron chi connectivity index (χ1n) is 10.9. The van der Waals surface area contributed by atoms with Crippen LogP contribution in [0.1, 0.15) is 50.1 Å². The molecular weight excluding hydrogens is 452 g/mol. The van der Waals surface area contributed by atoms with E-state index in [-0.39, 0.29) is 18.7 Å². The molecule has 0 amide bonds. The number of carbonyl (C=O) groups is 2. The Hall–Kier alpha value is -3.78. The topological polar surface area (TPSA) is 87.5 Å². The fourth-order valence-electron chi connectivity index (χ4n) is 3.53. The molecule has 4 rings (SSSR count). The molecule has 0 spiro atoms. The second-order valence-electron chi connectivity index (χ2n) is 7.81. The molecule has 2 aromatic heterocycles. The predicted molar refractivity (Wildman–Crippen MR) is 130 cm³/mol. The number of ether oxygens (including phenoxy) is 2. The maximum Gasteiger partial charge on any atom is 0.349 e. The van der Waals surface area contributed by atoms with Crippen LogP contribution in [0.3, 0.4) is 0 Å². The standard InChI is InChI=1S/C26H24N2O5S/c1-3-12-32-25(30)20-11-7-10-19(13-20)14-28-16-27-23-21(24(28)29)17(2)22(34-23)26(31)33-15-18-8-5-4-6-9-18/h4-11,13,16H,3,12,14-15H2,1-2H3. The number of hydrogen-bond acceptors (Lipinski definition) is 7. The van der Waals surface area contributed by atoms with Crippen molar-refractivity contribution in [3.8, 4) is 0 Å². The van der Waals surface area contributed by atoms with E-state index in [9.17, 15) is 14.4 Å². The molecule has 4 aromatic rings. The molecular formula is C26H24N2O5S. The van der Waals surface area contributed by atoms with Gasteiger partial charge in [0, 0.05) is 0 Å². The summed E-state index contributed by atoms with van der Waals surface area (Å²) in [7, 11) is 0. The number of esters is 2. The van der Waals surface area contributed by atoms with Gasteiger partial charge < -0.3 is 9.47 Å². The predicted octanol–water partition coefficient (Wildman–Crippen LogP) is 4.74. The molecule has 34 heavy (non-hydrogen) atoms. The van der Waals surface area contributed by atoms with Gasteiger partial charge in [-0.25, -0.2) is 14.6 Å². The van der Waals surface area contributed by atoms with Crippen molar-refractivity contribution >= 4 is 33.5 Å². The highest BCUT2D eigenvalue weighted by molar-refractivity contribution is 7.20. The van der Waals surface area contributed by atoms with Gasteiger partial charge in [0.2, 0.25) is 0 Å². The van der Waals surface area contributed by atoms with Gasteiger partial charge in [-0.3, -0.25) is 9.36 Å². The average Bonchev–Trinajstić information content (AvgIpc) is 3.20. The zero-order valence-electron chi connectivity index (χ0n) is 18.9. The third-order valence-electron chi connectivity index (χ3n) is 5.27. The molecule has 0 aliphatic heterocycles. The summed E-state index contributed by atoms with van der Waals surface area (Å²) < 4.78 is 12.1. The van der Waals surface area contributed by atoms with Crippen molar-refractivity contribution in [3.05, 3.63) is 98.4 Å². The van der Waals surface area contributed by atoms with E-state index in [4.69, 9.17) is 9.47 Å². The lowest BCUT2D eigenvalue weighted by Gasteiger charge is -2.08. The van der Waals surface area contributed by atoms with E-state index in [0.717, 1.165) is 28.9 Å². The molecule has 0 bridgehead atoms. The second kappa shape index (κ2) is 10.4. The molecule has 2 aromatic carbocycles. The number of nitrogens with zero attached hydrogens (tertiary/aromatic N) is 2. The van der Waals surface area contributed by atoms with Gasteiger partial charge in [-0.05, 0) is 42.2 Å². The van der Waals surface area contributed by atoms with E-state index in [1.54, 1.807) is 25.1 Å². The number of aromatic nitrogens is 2. The van der Waals surface area contributed by atoms with Crippen LogP contribution in [0.2, 0.25) is 0 Å². The molecule has 0 saturated carbocycles. The number of rotatable bonds is 8. The van der Waals surface area contributed by atoms with Crippen LogP contribution in [0.5, 0.6) is 0 Å². The zero-order chi connectivity index (χ0) is 24.1. The molecule has 0 radical (unpaired) electrons. The van der Waals surface area contributed by atoms with E-state index in [1.165, 1.54) is 10.9 Å². The first-order valence-corrected chi connectivity index (χ1v) is 11.7. The zero-order valence-corrected chi connectivity index (χ0v) is 19.8. The van der Waals surface area contributed by atoms with Crippen molar-refractivity contribution < 1.29 is 19.1 Å². The summed E-state index contributed by atoms with van der Waals surface area (Å²) in [6, 6.07) is 16.4. The Balaban J connectivity index is 1.56. The van der Waals surface area contributed by atoms with Crippen molar-refractivity contribution in [2.75, 3.05) is 6.61 Å². The van der Waals surface area contributed by atoms with Crippen LogP contribution in [0.4, 0.5) is 0 Å². The van der Waals surface area contributed by atoms with Gasteiger partial charge in [-0.2, -0.15) is 0 Å². The van der Waals surface area contributed by atoms with Crippen molar-refractivity contribution in [1.29, 1.82) is 0 Å². The van der Waals surface area contributed by atoms with Crippen molar-refractivity contribution in [3.63, 3.8) is 0 Å². The Morgan fingerprint density at radius 2 is 1.76 bits per heavy atom. The highest BCUT2D eigenvalue weighted by atomic mass is 32.1. The van der Waals surface area contributed by atoms with E-state index in [0.29, 0.717) is 32.8 Å².